The Balaban J connectivity index is 2.19. The monoisotopic (exact) mass is 261 g/mol. The lowest BCUT2D eigenvalue weighted by Gasteiger charge is -2.37. The van der Waals surface area contributed by atoms with Crippen LogP contribution in [0, 0.1) is 5.92 Å². The van der Waals surface area contributed by atoms with E-state index in [9.17, 15) is 9.59 Å². The van der Waals surface area contributed by atoms with Crippen LogP contribution in [0.1, 0.15) is 30.1 Å². The molecule has 2 amide bonds. The van der Waals surface area contributed by atoms with Crippen LogP contribution in [-0.4, -0.2) is 29.3 Å². The summed E-state index contributed by atoms with van der Waals surface area (Å²) in [5.41, 5.74) is 12.1. The van der Waals surface area contributed by atoms with Gasteiger partial charge in [0.2, 0.25) is 5.91 Å². The van der Waals surface area contributed by atoms with Crippen LogP contribution in [0.4, 0.5) is 5.69 Å². The Bertz CT molecular complexity index is 501. The smallest absolute Gasteiger partial charge is 0.254 e. The van der Waals surface area contributed by atoms with E-state index in [1.165, 1.54) is 0 Å². The molecule has 1 aliphatic rings. The summed E-state index contributed by atoms with van der Waals surface area (Å²) in [5.74, 6) is -0.677. The van der Waals surface area contributed by atoms with E-state index in [0.29, 0.717) is 17.8 Å². The lowest BCUT2D eigenvalue weighted by molar-refractivity contribution is -0.123. The zero-order valence-electron chi connectivity index (χ0n) is 11.0. The van der Waals surface area contributed by atoms with Gasteiger partial charge in [0, 0.05) is 23.8 Å². The van der Waals surface area contributed by atoms with Crippen molar-refractivity contribution < 1.29 is 9.59 Å². The van der Waals surface area contributed by atoms with E-state index >= 15 is 0 Å². The molecule has 2 rings (SSSR count). The summed E-state index contributed by atoms with van der Waals surface area (Å²) in [5, 5.41) is 0. The first-order chi connectivity index (χ1) is 8.99. The first kappa shape index (κ1) is 13.4. The lowest BCUT2D eigenvalue weighted by Crippen LogP contribution is -2.48. The molecule has 1 aromatic carbocycles. The van der Waals surface area contributed by atoms with Crippen LogP contribution in [0.15, 0.2) is 24.3 Å². The van der Waals surface area contributed by atoms with Gasteiger partial charge in [0.1, 0.15) is 0 Å². The zero-order valence-corrected chi connectivity index (χ0v) is 11.0. The summed E-state index contributed by atoms with van der Waals surface area (Å²) in [4.78, 5) is 25.4. The number of nitrogen functional groups attached to an aromatic ring is 1. The minimum atomic E-state index is -0.336. The average molecular weight is 261 g/mol. The van der Waals surface area contributed by atoms with Crippen molar-refractivity contribution in [1.82, 2.24) is 4.90 Å². The van der Waals surface area contributed by atoms with Crippen LogP contribution in [0.25, 0.3) is 0 Å². The minimum absolute atomic E-state index is 0.0919. The quantitative estimate of drug-likeness (QED) is 0.778. The van der Waals surface area contributed by atoms with Crippen molar-refractivity contribution in [1.29, 1.82) is 0 Å². The Hall–Kier alpha value is -2.04. The van der Waals surface area contributed by atoms with E-state index in [2.05, 4.69) is 0 Å². The zero-order chi connectivity index (χ0) is 14.0. The van der Waals surface area contributed by atoms with Crippen molar-refractivity contribution in [2.24, 2.45) is 11.7 Å². The molecule has 2 atom stereocenters. The number of piperidine rings is 1. The number of likely N-dealkylation sites (tertiary alicyclic amines) is 1. The molecule has 4 N–H and O–H groups in total. The topological polar surface area (TPSA) is 89.4 Å². The van der Waals surface area contributed by atoms with E-state index in [-0.39, 0.29) is 23.8 Å². The van der Waals surface area contributed by atoms with E-state index in [1.807, 2.05) is 6.92 Å². The minimum Gasteiger partial charge on any atom is -0.399 e. The number of carbonyl (C=O) groups is 2. The number of nitrogens with zero attached hydrogens (tertiary/aromatic N) is 1. The number of benzene rings is 1. The maximum absolute atomic E-state index is 12.4. The normalized spacial score (nSPS) is 23.1. The number of anilines is 1. The maximum Gasteiger partial charge on any atom is 0.254 e. The van der Waals surface area contributed by atoms with Crippen molar-refractivity contribution in [2.45, 2.75) is 25.8 Å². The lowest BCUT2D eigenvalue weighted by atomic mass is 9.92. The van der Waals surface area contributed by atoms with Gasteiger partial charge in [-0.1, -0.05) is 6.07 Å². The predicted octanol–water partition coefficient (Wildman–Crippen LogP) is 0.995. The summed E-state index contributed by atoms with van der Waals surface area (Å²) in [6.45, 7) is 2.38. The van der Waals surface area contributed by atoms with Gasteiger partial charge in [-0.25, -0.2) is 0 Å². The van der Waals surface area contributed by atoms with Crippen LogP contribution >= 0.6 is 0 Å². The SMILES string of the molecule is CC1CCC(C(N)=O)CN1C(=O)c1cccc(N)c1. The van der Waals surface area contributed by atoms with Crippen molar-refractivity contribution >= 4 is 17.5 Å². The molecule has 5 nitrogen and oxygen atoms in total. The van der Waals surface area contributed by atoms with Gasteiger partial charge in [0.25, 0.3) is 5.91 Å². The number of primary amides is 1. The molecule has 0 aliphatic carbocycles. The second-order valence-corrected chi connectivity index (χ2v) is 5.11. The highest BCUT2D eigenvalue weighted by Crippen LogP contribution is 2.24. The fourth-order valence-electron chi connectivity index (χ4n) is 2.46. The Kier molecular flexibility index (Phi) is 3.74. The summed E-state index contributed by atoms with van der Waals surface area (Å²) in [6.07, 6.45) is 1.54. The second-order valence-electron chi connectivity index (χ2n) is 5.11. The Morgan fingerprint density at radius 2 is 2.05 bits per heavy atom. The van der Waals surface area contributed by atoms with Gasteiger partial charge in [-0.3, -0.25) is 9.59 Å². The van der Waals surface area contributed by atoms with Crippen molar-refractivity contribution in [3.05, 3.63) is 29.8 Å². The Labute approximate surface area is 112 Å². The van der Waals surface area contributed by atoms with Crippen LogP contribution in [0.2, 0.25) is 0 Å². The third kappa shape index (κ3) is 2.86. The van der Waals surface area contributed by atoms with Gasteiger partial charge in [-0.05, 0) is 38.0 Å². The van der Waals surface area contributed by atoms with E-state index in [4.69, 9.17) is 11.5 Å². The molecule has 102 valence electrons. The number of carbonyl (C=O) groups excluding carboxylic acids is 2. The molecule has 2 unspecified atom stereocenters. The summed E-state index contributed by atoms with van der Waals surface area (Å²) in [7, 11) is 0. The van der Waals surface area contributed by atoms with Gasteiger partial charge < -0.3 is 16.4 Å². The fourth-order valence-corrected chi connectivity index (χ4v) is 2.46. The maximum atomic E-state index is 12.4. The molecule has 1 saturated heterocycles. The molecular formula is C14H19N3O2. The number of hydrogen-bond acceptors (Lipinski definition) is 3. The van der Waals surface area contributed by atoms with Crippen LogP contribution < -0.4 is 11.5 Å². The van der Waals surface area contributed by atoms with Gasteiger partial charge >= 0.3 is 0 Å². The molecule has 0 saturated carbocycles. The van der Waals surface area contributed by atoms with E-state index in [0.717, 1.165) is 12.8 Å². The highest BCUT2D eigenvalue weighted by Gasteiger charge is 2.31. The predicted molar refractivity (Wildman–Crippen MR) is 73.3 cm³/mol. The summed E-state index contributed by atoms with van der Waals surface area (Å²) < 4.78 is 0. The molecule has 0 radical (unpaired) electrons. The highest BCUT2D eigenvalue weighted by atomic mass is 16.2. The average Bonchev–Trinajstić information content (AvgIpc) is 2.38. The molecule has 0 bridgehead atoms. The van der Waals surface area contributed by atoms with Gasteiger partial charge in [-0.15, -0.1) is 0 Å². The van der Waals surface area contributed by atoms with Crippen LogP contribution in [0.3, 0.4) is 0 Å². The third-order valence-electron chi connectivity index (χ3n) is 3.68. The fraction of sp³-hybridized carbons (Fsp3) is 0.429. The Morgan fingerprint density at radius 3 is 2.68 bits per heavy atom. The molecule has 0 spiro atoms. The van der Waals surface area contributed by atoms with Gasteiger partial charge in [0.05, 0.1) is 5.92 Å². The standard InChI is InChI=1S/C14H19N3O2/c1-9-5-6-11(13(16)18)8-17(9)14(19)10-3-2-4-12(15)7-10/h2-4,7,9,11H,5-6,8,15H2,1H3,(H2,16,18). The first-order valence-corrected chi connectivity index (χ1v) is 6.45. The van der Waals surface area contributed by atoms with E-state index in [1.54, 1.807) is 29.2 Å². The highest BCUT2D eigenvalue weighted by molar-refractivity contribution is 5.95. The first-order valence-electron chi connectivity index (χ1n) is 6.45. The number of amides is 2. The van der Waals surface area contributed by atoms with E-state index < -0.39 is 0 Å². The second kappa shape index (κ2) is 5.30. The molecule has 19 heavy (non-hydrogen) atoms. The summed E-state index contributed by atoms with van der Waals surface area (Å²) >= 11 is 0. The number of hydrogen-bond donors (Lipinski definition) is 2. The van der Waals surface area contributed by atoms with Crippen molar-refractivity contribution in [2.75, 3.05) is 12.3 Å². The number of rotatable bonds is 2. The number of nitrogens with two attached hydrogens (primary N) is 2. The van der Waals surface area contributed by atoms with Gasteiger partial charge in [0.15, 0.2) is 0 Å². The Morgan fingerprint density at radius 1 is 1.32 bits per heavy atom. The largest absolute Gasteiger partial charge is 0.399 e. The molecular weight excluding hydrogens is 242 g/mol. The van der Waals surface area contributed by atoms with Crippen LogP contribution in [-0.2, 0) is 4.79 Å². The molecule has 0 aromatic heterocycles. The summed E-state index contributed by atoms with van der Waals surface area (Å²) in [6, 6.07) is 7.00. The molecule has 1 heterocycles. The van der Waals surface area contributed by atoms with Gasteiger partial charge in [-0.2, -0.15) is 0 Å². The molecule has 5 heteroatoms. The third-order valence-corrected chi connectivity index (χ3v) is 3.68. The van der Waals surface area contributed by atoms with Crippen molar-refractivity contribution in [3.8, 4) is 0 Å². The van der Waals surface area contributed by atoms with Crippen LogP contribution in [0.5, 0.6) is 0 Å². The molecule has 1 fully saturated rings. The van der Waals surface area contributed by atoms with Crippen molar-refractivity contribution in [3.63, 3.8) is 0 Å². The molecule has 1 aromatic rings. The molecule has 1 aliphatic heterocycles.